The van der Waals surface area contributed by atoms with E-state index in [9.17, 15) is 4.79 Å². The first kappa shape index (κ1) is 18.9. The van der Waals surface area contributed by atoms with Crippen molar-refractivity contribution in [2.45, 2.75) is 39.3 Å². The van der Waals surface area contributed by atoms with Gasteiger partial charge in [-0.05, 0) is 57.0 Å². The van der Waals surface area contributed by atoms with Crippen LogP contribution in [0.25, 0.3) is 21.9 Å². The van der Waals surface area contributed by atoms with Crippen molar-refractivity contribution in [1.29, 1.82) is 0 Å². The first-order chi connectivity index (χ1) is 14.6. The molecule has 0 amide bonds. The van der Waals surface area contributed by atoms with Crippen molar-refractivity contribution in [1.82, 2.24) is 4.57 Å². The third-order valence-corrected chi connectivity index (χ3v) is 6.00. The Bertz CT molecular complexity index is 1230. The normalized spacial score (nSPS) is 16.5. The number of ether oxygens (including phenoxy) is 2. The molecule has 1 atom stereocenters. The SMILES string of the molecule is Cc1cc(C(=O)COc2ccc3oc4ccccc4c3c2)c(C)n1CC1CCCO1. The fraction of sp³-hybridized carbons (Fsp3) is 0.320. The van der Waals surface area contributed by atoms with Crippen molar-refractivity contribution in [3.8, 4) is 5.75 Å². The number of ketones is 1. The molecule has 0 aliphatic carbocycles. The zero-order chi connectivity index (χ0) is 20.7. The van der Waals surface area contributed by atoms with E-state index in [1.54, 1.807) is 0 Å². The van der Waals surface area contributed by atoms with E-state index in [4.69, 9.17) is 13.9 Å². The minimum absolute atomic E-state index is 0.00547. The van der Waals surface area contributed by atoms with Crippen LogP contribution in [0.15, 0.2) is 52.9 Å². The smallest absolute Gasteiger partial charge is 0.202 e. The second-order valence-electron chi connectivity index (χ2n) is 8.00. The summed E-state index contributed by atoms with van der Waals surface area (Å²) >= 11 is 0. The number of rotatable bonds is 6. The van der Waals surface area contributed by atoms with Crippen molar-refractivity contribution >= 4 is 27.7 Å². The number of aromatic nitrogens is 1. The van der Waals surface area contributed by atoms with Gasteiger partial charge >= 0.3 is 0 Å². The molecule has 1 saturated heterocycles. The highest BCUT2D eigenvalue weighted by molar-refractivity contribution is 6.05. The molecule has 1 aliphatic rings. The second kappa shape index (κ2) is 7.65. The van der Waals surface area contributed by atoms with Gasteiger partial charge in [-0.15, -0.1) is 0 Å². The molecule has 0 bridgehead atoms. The number of fused-ring (bicyclic) bond motifs is 3. The van der Waals surface area contributed by atoms with Gasteiger partial charge in [0.1, 0.15) is 16.9 Å². The molecule has 30 heavy (non-hydrogen) atoms. The fourth-order valence-corrected chi connectivity index (χ4v) is 4.38. The summed E-state index contributed by atoms with van der Waals surface area (Å²) in [5, 5.41) is 2.03. The molecule has 2 aromatic carbocycles. The lowest BCUT2D eigenvalue weighted by Crippen LogP contribution is -2.18. The summed E-state index contributed by atoms with van der Waals surface area (Å²) in [6.07, 6.45) is 2.43. The summed E-state index contributed by atoms with van der Waals surface area (Å²) < 4.78 is 19.7. The van der Waals surface area contributed by atoms with Gasteiger partial charge in [-0.1, -0.05) is 18.2 Å². The van der Waals surface area contributed by atoms with Crippen molar-refractivity contribution in [3.05, 3.63) is 65.5 Å². The van der Waals surface area contributed by atoms with Gasteiger partial charge in [-0.25, -0.2) is 0 Å². The topological polar surface area (TPSA) is 53.6 Å². The predicted octanol–water partition coefficient (Wildman–Crippen LogP) is 5.45. The number of hydrogen-bond acceptors (Lipinski definition) is 4. The van der Waals surface area contributed by atoms with E-state index >= 15 is 0 Å². The molecule has 5 heteroatoms. The maximum absolute atomic E-state index is 12.9. The molecular formula is C25H25NO4. The van der Waals surface area contributed by atoms with Gasteiger partial charge in [0.25, 0.3) is 0 Å². The number of carbonyl (C=O) groups is 1. The summed E-state index contributed by atoms with van der Waals surface area (Å²) in [4.78, 5) is 12.9. The molecular weight excluding hydrogens is 378 g/mol. The van der Waals surface area contributed by atoms with Gasteiger partial charge in [-0.2, -0.15) is 0 Å². The highest BCUT2D eigenvalue weighted by Gasteiger charge is 2.21. The lowest BCUT2D eigenvalue weighted by Gasteiger charge is -2.14. The van der Waals surface area contributed by atoms with Crippen LogP contribution in [-0.2, 0) is 11.3 Å². The molecule has 1 unspecified atom stereocenters. The van der Waals surface area contributed by atoms with Gasteiger partial charge in [0.15, 0.2) is 6.61 Å². The standard InChI is InChI=1S/C25H25NO4/c1-16-12-21(17(2)26(16)14-19-6-5-11-28-19)23(27)15-29-18-9-10-25-22(13-18)20-7-3-4-8-24(20)30-25/h3-4,7-10,12-13,19H,5-6,11,14-15H2,1-2H3. The summed E-state index contributed by atoms with van der Waals surface area (Å²) in [5.41, 5.74) is 4.44. The molecule has 154 valence electrons. The molecule has 1 fully saturated rings. The number of nitrogens with zero attached hydrogens (tertiary/aromatic N) is 1. The van der Waals surface area contributed by atoms with Crippen molar-refractivity contribution in [2.75, 3.05) is 13.2 Å². The first-order valence-electron chi connectivity index (χ1n) is 10.5. The lowest BCUT2D eigenvalue weighted by molar-refractivity contribution is 0.0914. The second-order valence-corrected chi connectivity index (χ2v) is 8.00. The maximum atomic E-state index is 12.9. The van der Waals surface area contributed by atoms with Crippen LogP contribution in [0, 0.1) is 13.8 Å². The Labute approximate surface area is 175 Å². The molecule has 2 aromatic heterocycles. The van der Waals surface area contributed by atoms with Crippen LogP contribution in [0.2, 0.25) is 0 Å². The van der Waals surface area contributed by atoms with Gasteiger partial charge in [0.2, 0.25) is 5.78 Å². The van der Waals surface area contributed by atoms with E-state index in [0.29, 0.717) is 5.75 Å². The fourth-order valence-electron chi connectivity index (χ4n) is 4.38. The molecule has 5 rings (SSSR count). The summed E-state index contributed by atoms with van der Waals surface area (Å²) in [6.45, 7) is 5.68. The van der Waals surface area contributed by atoms with Crippen LogP contribution in [0.5, 0.6) is 5.75 Å². The van der Waals surface area contributed by atoms with Crippen LogP contribution < -0.4 is 4.74 Å². The van der Waals surface area contributed by atoms with Crippen LogP contribution in [-0.4, -0.2) is 29.7 Å². The number of Topliss-reactive ketones (excluding diaryl/α,β-unsaturated/α-hetero) is 1. The van der Waals surface area contributed by atoms with Crippen LogP contribution in [0.3, 0.4) is 0 Å². The van der Waals surface area contributed by atoms with Crippen LogP contribution in [0.1, 0.15) is 34.6 Å². The number of carbonyl (C=O) groups excluding carboxylic acids is 1. The third-order valence-electron chi connectivity index (χ3n) is 6.00. The summed E-state index contributed by atoms with van der Waals surface area (Å²) in [5.74, 6) is 0.648. The van der Waals surface area contributed by atoms with Gasteiger partial charge in [-0.3, -0.25) is 4.79 Å². The van der Waals surface area contributed by atoms with E-state index in [-0.39, 0.29) is 18.5 Å². The van der Waals surface area contributed by atoms with E-state index < -0.39 is 0 Å². The van der Waals surface area contributed by atoms with Crippen molar-refractivity contribution in [2.24, 2.45) is 0 Å². The average molecular weight is 403 g/mol. The zero-order valence-electron chi connectivity index (χ0n) is 17.3. The Morgan fingerprint density at radius 2 is 1.93 bits per heavy atom. The molecule has 0 spiro atoms. The summed E-state index contributed by atoms with van der Waals surface area (Å²) in [6, 6.07) is 15.6. The van der Waals surface area contributed by atoms with Crippen LogP contribution in [0.4, 0.5) is 0 Å². The Hall–Kier alpha value is -3.05. The maximum Gasteiger partial charge on any atom is 0.202 e. The Morgan fingerprint density at radius 3 is 2.77 bits per heavy atom. The quantitative estimate of drug-likeness (QED) is 0.402. The molecule has 5 nitrogen and oxygen atoms in total. The Balaban J connectivity index is 1.33. The van der Waals surface area contributed by atoms with Crippen molar-refractivity contribution < 1.29 is 18.7 Å². The number of para-hydroxylation sites is 1. The minimum atomic E-state index is -0.0150. The average Bonchev–Trinajstić information content (AvgIpc) is 3.46. The minimum Gasteiger partial charge on any atom is -0.485 e. The summed E-state index contributed by atoms with van der Waals surface area (Å²) in [7, 11) is 0. The van der Waals surface area contributed by atoms with Crippen molar-refractivity contribution in [3.63, 3.8) is 0 Å². The number of hydrogen-bond donors (Lipinski definition) is 0. The Morgan fingerprint density at radius 1 is 1.10 bits per heavy atom. The predicted molar refractivity (Wildman–Crippen MR) is 116 cm³/mol. The molecule has 0 radical (unpaired) electrons. The zero-order valence-corrected chi connectivity index (χ0v) is 17.3. The van der Waals surface area contributed by atoms with Gasteiger partial charge in [0.05, 0.1) is 6.10 Å². The monoisotopic (exact) mass is 403 g/mol. The third kappa shape index (κ3) is 3.39. The van der Waals surface area contributed by atoms with E-state index in [1.807, 2.05) is 62.4 Å². The molecule has 0 saturated carbocycles. The van der Waals surface area contributed by atoms with Gasteiger partial charge < -0.3 is 18.5 Å². The molecule has 0 N–H and O–H groups in total. The molecule has 4 aromatic rings. The van der Waals surface area contributed by atoms with E-state index in [0.717, 1.165) is 64.9 Å². The highest BCUT2D eigenvalue weighted by atomic mass is 16.5. The first-order valence-corrected chi connectivity index (χ1v) is 10.5. The largest absolute Gasteiger partial charge is 0.485 e. The van der Waals surface area contributed by atoms with E-state index in [1.165, 1.54) is 0 Å². The lowest BCUT2D eigenvalue weighted by atomic mass is 10.1. The number of furan rings is 1. The number of aryl methyl sites for hydroxylation is 1. The number of benzene rings is 2. The Kier molecular flexibility index (Phi) is 4.83. The van der Waals surface area contributed by atoms with E-state index in [2.05, 4.69) is 4.57 Å². The highest BCUT2D eigenvalue weighted by Crippen LogP contribution is 2.31. The molecule has 1 aliphatic heterocycles. The molecule has 3 heterocycles. The van der Waals surface area contributed by atoms with Crippen LogP contribution >= 0.6 is 0 Å². The van der Waals surface area contributed by atoms with Gasteiger partial charge in [0, 0.05) is 40.9 Å².